The molecule has 0 heterocycles. The first kappa shape index (κ1) is 59.9. The van der Waals surface area contributed by atoms with E-state index in [1.807, 2.05) is 0 Å². The van der Waals surface area contributed by atoms with Crippen LogP contribution in [0.25, 0.3) is 0 Å². The molecule has 0 rings (SSSR count). The van der Waals surface area contributed by atoms with E-state index >= 15 is 0 Å². The summed E-state index contributed by atoms with van der Waals surface area (Å²) in [6.45, 7) is 30.1. The molecule has 0 radical (unpaired) electrons. The number of hydrogen-bond donors (Lipinski definition) is 0. The van der Waals surface area contributed by atoms with Gasteiger partial charge in [-0.2, -0.15) is 0 Å². The monoisotopic (exact) mass is 509 g/mol. The maximum absolute atomic E-state index is 2.38. The van der Waals surface area contributed by atoms with Gasteiger partial charge in [0.1, 0.15) is 0 Å². The third-order valence-electron chi connectivity index (χ3n) is 6.77. The largest absolute Gasteiger partial charge is 0.0776 e. The van der Waals surface area contributed by atoms with Crippen molar-refractivity contribution in [3.05, 3.63) is 0 Å². The lowest BCUT2D eigenvalue weighted by Gasteiger charge is -2.17. The summed E-state index contributed by atoms with van der Waals surface area (Å²) < 4.78 is 0. The van der Waals surface area contributed by atoms with Gasteiger partial charge in [0.15, 0.2) is 0 Å². The van der Waals surface area contributed by atoms with Crippen LogP contribution in [0.15, 0.2) is 0 Å². The first-order valence-corrected chi connectivity index (χ1v) is 13.5. The average molecular weight is 509 g/mol. The minimum absolute atomic E-state index is 0. The van der Waals surface area contributed by atoms with Crippen LogP contribution in [0.1, 0.15) is 192 Å². The van der Waals surface area contributed by atoms with Gasteiger partial charge < -0.3 is 0 Å². The van der Waals surface area contributed by atoms with Crippen molar-refractivity contribution in [2.45, 2.75) is 192 Å². The summed E-state index contributed by atoms with van der Waals surface area (Å²) in [5, 5.41) is 0. The van der Waals surface area contributed by atoms with Gasteiger partial charge in [-0.3, -0.25) is 0 Å². The molecular weight excluding hydrogens is 420 g/mol. The molecule has 0 nitrogen and oxygen atoms in total. The Labute approximate surface area is 233 Å². The van der Waals surface area contributed by atoms with Crippen LogP contribution in [0, 0.1) is 41.4 Å². The molecule has 0 heteroatoms. The third kappa shape index (κ3) is 51.5. The molecule has 0 fully saturated rings. The third-order valence-corrected chi connectivity index (χ3v) is 6.77. The molecule has 0 aromatic heterocycles. The zero-order chi connectivity index (χ0) is 23.4. The summed E-state index contributed by atoms with van der Waals surface area (Å²) in [5.41, 5.74) is 0. The Morgan fingerprint density at radius 1 is 0.286 bits per heavy atom. The fourth-order valence-corrected chi connectivity index (χ4v) is 3.79. The molecular formula is C35H88. The second-order valence-corrected chi connectivity index (χ2v) is 11.0. The van der Waals surface area contributed by atoms with Gasteiger partial charge >= 0.3 is 0 Å². The second kappa shape index (κ2) is 41.1. The van der Waals surface area contributed by atoms with Crippen LogP contribution in [-0.4, -0.2) is 0 Å². The van der Waals surface area contributed by atoms with Crippen LogP contribution in [0.2, 0.25) is 0 Å². The first-order valence-electron chi connectivity index (χ1n) is 13.5. The lowest BCUT2D eigenvalue weighted by atomic mass is 9.89. The maximum atomic E-state index is 2.38. The van der Waals surface area contributed by atoms with Crippen molar-refractivity contribution >= 4 is 0 Å². The highest BCUT2D eigenvalue weighted by molar-refractivity contribution is 4.60. The van der Waals surface area contributed by atoms with E-state index in [2.05, 4.69) is 90.0 Å². The van der Waals surface area contributed by atoms with Crippen LogP contribution in [-0.2, 0) is 0 Å². The zero-order valence-corrected chi connectivity index (χ0v) is 23.4. The Balaban J connectivity index is -0.0000000383. The van der Waals surface area contributed by atoms with Gasteiger partial charge in [0.2, 0.25) is 0 Å². The molecule has 0 aromatic rings. The predicted octanol–water partition coefficient (Wildman–Crippen LogP) is 14.9. The highest BCUT2D eigenvalue weighted by atomic mass is 14.1. The Hall–Kier alpha value is 0. The summed E-state index contributed by atoms with van der Waals surface area (Å²) in [5.74, 6) is 6.43. The molecule has 0 amide bonds. The highest BCUT2D eigenvalue weighted by Gasteiger charge is 2.08. The standard InChI is InChI=1S/C11H24.2C9H20.6CH4/c1-6-10(4)8-11(5)7-9(2)3;2*1-5-8(3)7-9(4)6-2;;;;;;/h9-11H,6-8H2,1-5H3;2*8-9H,5-7H2,1-4H3;6*1H4. The Morgan fingerprint density at radius 2 is 0.457 bits per heavy atom. The Morgan fingerprint density at radius 3 is 0.600 bits per heavy atom. The molecule has 0 saturated heterocycles. The van der Waals surface area contributed by atoms with Crippen molar-refractivity contribution in [1.82, 2.24) is 0 Å². The second-order valence-electron chi connectivity index (χ2n) is 11.0. The molecule has 0 N–H and O–H groups in total. The SMILES string of the molecule is C.C.C.C.C.C.CCC(C)CC(C)CC.CCC(C)CC(C)CC.CCC(C)CC(C)CC(C)C. The van der Waals surface area contributed by atoms with E-state index in [0.717, 1.165) is 41.4 Å². The summed E-state index contributed by atoms with van der Waals surface area (Å²) in [4.78, 5) is 0. The summed E-state index contributed by atoms with van der Waals surface area (Å²) in [6, 6.07) is 0. The van der Waals surface area contributed by atoms with Gasteiger partial charge in [-0.25, -0.2) is 0 Å². The van der Waals surface area contributed by atoms with Crippen molar-refractivity contribution < 1.29 is 0 Å². The average Bonchev–Trinajstić information content (AvgIpc) is 2.67. The van der Waals surface area contributed by atoms with E-state index in [4.69, 9.17) is 0 Å². The van der Waals surface area contributed by atoms with Gasteiger partial charge in [0.05, 0.1) is 0 Å². The van der Waals surface area contributed by atoms with E-state index in [1.165, 1.54) is 57.8 Å². The molecule has 0 aliphatic carbocycles. The Bertz CT molecular complexity index is 258. The fraction of sp³-hybridized carbons (Fsp3) is 1.00. The van der Waals surface area contributed by atoms with Gasteiger partial charge in [-0.1, -0.05) is 167 Å². The Kier molecular flexibility index (Phi) is 70.4. The van der Waals surface area contributed by atoms with Crippen molar-refractivity contribution in [3.8, 4) is 0 Å². The van der Waals surface area contributed by atoms with Crippen LogP contribution >= 0.6 is 0 Å². The molecule has 6 unspecified atom stereocenters. The zero-order valence-electron chi connectivity index (χ0n) is 23.4. The molecule has 0 bridgehead atoms. The van der Waals surface area contributed by atoms with Gasteiger partial charge in [-0.05, 0) is 67.1 Å². The molecule has 0 aliphatic rings. The van der Waals surface area contributed by atoms with E-state index in [0.29, 0.717) is 0 Å². The van der Waals surface area contributed by atoms with E-state index in [9.17, 15) is 0 Å². The lowest BCUT2D eigenvalue weighted by Crippen LogP contribution is -2.05. The molecule has 228 valence electrons. The van der Waals surface area contributed by atoms with Crippen LogP contribution in [0.4, 0.5) is 0 Å². The predicted molar refractivity (Wildman–Crippen MR) is 180 cm³/mol. The lowest BCUT2D eigenvalue weighted by molar-refractivity contribution is 0.350. The van der Waals surface area contributed by atoms with Gasteiger partial charge in [0.25, 0.3) is 0 Å². The molecule has 35 heavy (non-hydrogen) atoms. The van der Waals surface area contributed by atoms with Gasteiger partial charge in [-0.15, -0.1) is 0 Å². The fourth-order valence-electron chi connectivity index (χ4n) is 3.79. The minimum atomic E-state index is 0. The quantitative estimate of drug-likeness (QED) is 0.232. The van der Waals surface area contributed by atoms with Crippen LogP contribution < -0.4 is 0 Å². The maximum Gasteiger partial charge on any atom is -0.0438 e. The minimum Gasteiger partial charge on any atom is -0.0776 e. The van der Waals surface area contributed by atoms with E-state index in [1.54, 1.807) is 0 Å². The van der Waals surface area contributed by atoms with Crippen molar-refractivity contribution in [1.29, 1.82) is 0 Å². The van der Waals surface area contributed by atoms with Crippen molar-refractivity contribution in [2.75, 3.05) is 0 Å². The molecule has 0 aliphatic heterocycles. The van der Waals surface area contributed by atoms with E-state index < -0.39 is 0 Å². The van der Waals surface area contributed by atoms with Gasteiger partial charge in [0, 0.05) is 0 Å². The number of rotatable bonds is 13. The van der Waals surface area contributed by atoms with Crippen LogP contribution in [0.5, 0.6) is 0 Å². The molecule has 0 spiro atoms. The summed E-state index contributed by atoms with van der Waals surface area (Å²) in [6.07, 6.45) is 12.3. The number of hydrogen-bond acceptors (Lipinski definition) is 0. The smallest absolute Gasteiger partial charge is 0.0438 e. The molecule has 6 atom stereocenters. The van der Waals surface area contributed by atoms with E-state index in [-0.39, 0.29) is 44.6 Å². The van der Waals surface area contributed by atoms with Crippen molar-refractivity contribution in [2.24, 2.45) is 41.4 Å². The van der Waals surface area contributed by atoms with Crippen LogP contribution in [0.3, 0.4) is 0 Å². The normalized spacial score (nSPS) is 14.2. The first-order chi connectivity index (χ1) is 13.5. The molecule has 0 saturated carbocycles. The van der Waals surface area contributed by atoms with Crippen molar-refractivity contribution in [3.63, 3.8) is 0 Å². The topological polar surface area (TPSA) is 0 Å². The summed E-state index contributed by atoms with van der Waals surface area (Å²) in [7, 11) is 0. The highest BCUT2D eigenvalue weighted by Crippen LogP contribution is 2.21. The summed E-state index contributed by atoms with van der Waals surface area (Å²) >= 11 is 0. The molecule has 0 aromatic carbocycles.